The maximum atomic E-state index is 11.5. The lowest BCUT2D eigenvalue weighted by molar-refractivity contribution is -0.119. The number of para-hydroxylation sites is 1. The van der Waals surface area contributed by atoms with E-state index in [0.29, 0.717) is 5.57 Å². The summed E-state index contributed by atoms with van der Waals surface area (Å²) >= 11 is 0. The Labute approximate surface area is 94.2 Å². The zero-order chi connectivity index (χ0) is 11.7. The highest BCUT2D eigenvalue weighted by Gasteiger charge is 2.26. The molecule has 1 N–H and O–H groups in total. The van der Waals surface area contributed by atoms with Gasteiger partial charge in [0.05, 0.1) is 0 Å². The molecule has 0 saturated carbocycles. The van der Waals surface area contributed by atoms with E-state index >= 15 is 0 Å². The molecule has 2 rings (SSSR count). The number of hydrogen-bond acceptors (Lipinski definition) is 3. The largest absolute Gasteiger partial charge is 0.371 e. The third kappa shape index (κ3) is 1.76. The molecule has 1 aromatic carbocycles. The fraction of sp³-hybridized carbons (Fsp3) is 0.231. The fourth-order valence-electron chi connectivity index (χ4n) is 1.86. The second-order valence-corrected chi connectivity index (χ2v) is 3.93. The number of carbonyl (C=O) groups excluding carboxylic acids is 2. The minimum atomic E-state index is -0.507. The molecule has 0 saturated heterocycles. The Morgan fingerprint density at radius 2 is 1.88 bits per heavy atom. The van der Waals surface area contributed by atoms with Gasteiger partial charge in [-0.05, 0) is 31.6 Å². The highest BCUT2D eigenvalue weighted by Crippen LogP contribution is 2.27. The minimum Gasteiger partial charge on any atom is -0.371 e. The summed E-state index contributed by atoms with van der Waals surface area (Å²) in [7, 11) is 0. The van der Waals surface area contributed by atoms with E-state index in [9.17, 15) is 9.59 Å². The van der Waals surface area contributed by atoms with Gasteiger partial charge in [-0.3, -0.25) is 9.59 Å². The van der Waals surface area contributed by atoms with Crippen LogP contribution in [0.15, 0.2) is 29.8 Å². The smallest absolute Gasteiger partial charge is 0.158 e. The molecular formula is C13H13NO2. The number of Topliss-reactive ketones (excluding diaryl/α,β-unsaturated/α-hetero) is 2. The third-order valence-corrected chi connectivity index (χ3v) is 2.70. The first-order valence-corrected chi connectivity index (χ1v) is 5.18. The molecule has 16 heavy (non-hydrogen) atoms. The van der Waals surface area contributed by atoms with Crippen LogP contribution in [0.25, 0.3) is 6.08 Å². The van der Waals surface area contributed by atoms with Crippen LogP contribution in [0.1, 0.15) is 19.4 Å². The van der Waals surface area contributed by atoms with Crippen LogP contribution >= 0.6 is 0 Å². The number of carbonyl (C=O) groups is 2. The molecule has 0 radical (unpaired) electrons. The Balaban J connectivity index is 2.51. The molecule has 0 fully saturated rings. The van der Waals surface area contributed by atoms with Crippen molar-refractivity contribution in [2.24, 2.45) is 0 Å². The second-order valence-electron chi connectivity index (χ2n) is 3.93. The highest BCUT2D eigenvalue weighted by molar-refractivity contribution is 6.08. The molecule has 3 nitrogen and oxygen atoms in total. The first kappa shape index (κ1) is 10.6. The van der Waals surface area contributed by atoms with Crippen LogP contribution in [0.2, 0.25) is 0 Å². The molecule has 0 aromatic heterocycles. The third-order valence-electron chi connectivity index (χ3n) is 2.70. The molecule has 1 aliphatic rings. The van der Waals surface area contributed by atoms with Gasteiger partial charge in [0, 0.05) is 11.3 Å². The van der Waals surface area contributed by atoms with Crippen molar-refractivity contribution in [1.82, 2.24) is 0 Å². The molecule has 0 bridgehead atoms. The summed E-state index contributed by atoms with van der Waals surface area (Å²) in [6.45, 7) is 2.97. The lowest BCUT2D eigenvalue weighted by Gasteiger charge is -2.24. The quantitative estimate of drug-likeness (QED) is 0.821. The van der Waals surface area contributed by atoms with Gasteiger partial charge in [-0.1, -0.05) is 18.2 Å². The molecule has 0 amide bonds. The molecule has 0 unspecified atom stereocenters. The van der Waals surface area contributed by atoms with Crippen molar-refractivity contribution in [2.75, 3.05) is 5.32 Å². The lowest BCUT2D eigenvalue weighted by Crippen LogP contribution is -2.34. The van der Waals surface area contributed by atoms with E-state index in [2.05, 4.69) is 5.32 Å². The number of benzene rings is 1. The van der Waals surface area contributed by atoms with E-state index in [-0.39, 0.29) is 11.6 Å². The average Bonchev–Trinajstić information content (AvgIpc) is 2.27. The zero-order valence-electron chi connectivity index (χ0n) is 9.28. The van der Waals surface area contributed by atoms with Gasteiger partial charge < -0.3 is 5.32 Å². The normalized spacial score (nSPS) is 18.1. The van der Waals surface area contributed by atoms with Gasteiger partial charge in [-0.15, -0.1) is 0 Å². The SMILES string of the molecule is CC(=O)C1=Cc2ccccc2N[C@@H]1C(C)=O. The van der Waals surface area contributed by atoms with Crippen LogP contribution in [0.3, 0.4) is 0 Å². The van der Waals surface area contributed by atoms with Crippen LogP contribution in [-0.4, -0.2) is 17.6 Å². The number of anilines is 1. The summed E-state index contributed by atoms with van der Waals surface area (Å²) in [5.41, 5.74) is 2.38. The number of ketones is 2. The monoisotopic (exact) mass is 215 g/mol. The van der Waals surface area contributed by atoms with Crippen molar-refractivity contribution < 1.29 is 9.59 Å². The summed E-state index contributed by atoms with van der Waals surface area (Å²) in [6, 6.07) is 7.12. The summed E-state index contributed by atoms with van der Waals surface area (Å²) in [5, 5.41) is 3.09. The predicted octanol–water partition coefficient (Wildman–Crippen LogP) is 2.04. The standard InChI is InChI=1S/C13H13NO2/c1-8(15)11-7-10-5-3-4-6-12(10)14-13(11)9(2)16/h3-7,13-14H,1-2H3/t13-/m1/s1. The van der Waals surface area contributed by atoms with E-state index in [1.165, 1.54) is 13.8 Å². The van der Waals surface area contributed by atoms with Gasteiger partial charge in [0.2, 0.25) is 0 Å². The van der Waals surface area contributed by atoms with Gasteiger partial charge in [-0.2, -0.15) is 0 Å². The Morgan fingerprint density at radius 3 is 2.50 bits per heavy atom. The van der Waals surface area contributed by atoms with Crippen molar-refractivity contribution in [3.8, 4) is 0 Å². The van der Waals surface area contributed by atoms with Crippen molar-refractivity contribution in [2.45, 2.75) is 19.9 Å². The fourth-order valence-corrected chi connectivity index (χ4v) is 1.86. The summed E-state index contributed by atoms with van der Waals surface area (Å²) < 4.78 is 0. The summed E-state index contributed by atoms with van der Waals surface area (Å²) in [4.78, 5) is 22.9. The van der Waals surface area contributed by atoms with Gasteiger partial charge in [0.15, 0.2) is 11.6 Å². The topological polar surface area (TPSA) is 46.2 Å². The maximum Gasteiger partial charge on any atom is 0.158 e. The van der Waals surface area contributed by atoms with Crippen LogP contribution in [0.5, 0.6) is 0 Å². The van der Waals surface area contributed by atoms with Crippen molar-refractivity contribution in [3.63, 3.8) is 0 Å². The van der Waals surface area contributed by atoms with Gasteiger partial charge in [0.1, 0.15) is 6.04 Å². The lowest BCUT2D eigenvalue weighted by atomic mass is 9.93. The first-order chi connectivity index (χ1) is 7.59. The van der Waals surface area contributed by atoms with Gasteiger partial charge >= 0.3 is 0 Å². The van der Waals surface area contributed by atoms with Gasteiger partial charge in [0.25, 0.3) is 0 Å². The molecule has 0 aliphatic carbocycles. The summed E-state index contributed by atoms with van der Waals surface area (Å²) in [5.74, 6) is -0.113. The number of nitrogens with one attached hydrogen (secondary N) is 1. The molecular weight excluding hydrogens is 202 g/mol. The van der Waals surface area contributed by atoms with E-state index in [0.717, 1.165) is 11.3 Å². The van der Waals surface area contributed by atoms with Crippen LogP contribution in [0.4, 0.5) is 5.69 Å². The Hall–Kier alpha value is -1.90. The molecule has 1 atom stereocenters. The minimum absolute atomic E-state index is 0.0454. The number of rotatable bonds is 2. The van der Waals surface area contributed by atoms with Crippen LogP contribution in [-0.2, 0) is 9.59 Å². The molecule has 82 valence electrons. The van der Waals surface area contributed by atoms with E-state index in [4.69, 9.17) is 0 Å². The first-order valence-electron chi connectivity index (χ1n) is 5.18. The molecule has 1 heterocycles. The van der Waals surface area contributed by atoms with Crippen molar-refractivity contribution in [3.05, 3.63) is 35.4 Å². The van der Waals surface area contributed by atoms with E-state index in [1.54, 1.807) is 6.08 Å². The number of hydrogen-bond donors (Lipinski definition) is 1. The van der Waals surface area contributed by atoms with Crippen molar-refractivity contribution >= 4 is 23.3 Å². The molecule has 1 aromatic rings. The van der Waals surface area contributed by atoms with E-state index < -0.39 is 6.04 Å². The number of fused-ring (bicyclic) bond motifs is 1. The Kier molecular flexibility index (Phi) is 2.60. The second kappa shape index (κ2) is 3.93. The molecule has 0 spiro atoms. The summed E-state index contributed by atoms with van der Waals surface area (Å²) in [6.07, 6.45) is 1.79. The van der Waals surface area contributed by atoms with Crippen LogP contribution in [0, 0.1) is 0 Å². The predicted molar refractivity (Wildman–Crippen MR) is 63.2 cm³/mol. The maximum absolute atomic E-state index is 11.5. The average molecular weight is 215 g/mol. The van der Waals surface area contributed by atoms with Crippen LogP contribution < -0.4 is 5.32 Å². The van der Waals surface area contributed by atoms with E-state index in [1.807, 2.05) is 24.3 Å². The molecule has 3 heteroatoms. The Bertz CT molecular complexity index is 488. The Morgan fingerprint density at radius 1 is 1.19 bits per heavy atom. The zero-order valence-corrected chi connectivity index (χ0v) is 9.28. The highest BCUT2D eigenvalue weighted by atomic mass is 16.1. The molecule has 1 aliphatic heterocycles. The van der Waals surface area contributed by atoms with Gasteiger partial charge in [-0.25, -0.2) is 0 Å². The van der Waals surface area contributed by atoms with Crippen molar-refractivity contribution in [1.29, 1.82) is 0 Å².